The average Bonchev–Trinajstić information content (AvgIpc) is 2.46. The number of fused-ring (bicyclic) bond motifs is 1. The first-order valence-corrected chi connectivity index (χ1v) is 3.56. The molecule has 57 valence electrons. The van der Waals surface area contributed by atoms with Gasteiger partial charge >= 0.3 is 0 Å². The fraction of sp³-hybridized carbons (Fsp3) is 0.100. The van der Waals surface area contributed by atoms with Crippen LogP contribution in [0.1, 0.15) is 5.69 Å². The van der Waals surface area contributed by atoms with Crippen LogP contribution in [0.3, 0.4) is 0 Å². The molecule has 1 aromatic rings. The van der Waals surface area contributed by atoms with Gasteiger partial charge in [0.2, 0.25) is 0 Å². The Morgan fingerprint density at radius 1 is 1.50 bits per heavy atom. The zero-order chi connectivity index (χ0) is 7.68. The largest absolute Gasteiger partial charge is 0.360 e. The molecule has 0 unspecified atom stereocenters. The minimum atomic E-state index is 0. The predicted octanol–water partition coefficient (Wildman–Crippen LogP) is 1.05. The van der Waals surface area contributed by atoms with Gasteiger partial charge in [0.25, 0.3) is 0 Å². The molecule has 1 aromatic heterocycles. The Balaban J connectivity index is 0.000000720. The van der Waals surface area contributed by atoms with E-state index in [0.29, 0.717) is 0 Å². The molecule has 2 rings (SSSR count). The fourth-order valence-corrected chi connectivity index (χ4v) is 1.21. The molecule has 0 saturated heterocycles. The van der Waals surface area contributed by atoms with Crippen LogP contribution in [0, 0.1) is 12.7 Å². The van der Waals surface area contributed by atoms with Crippen molar-refractivity contribution in [2.24, 2.45) is 0 Å². The number of pyridine rings is 1. The Bertz CT molecular complexity index is 328. The second-order valence-electron chi connectivity index (χ2n) is 2.53. The van der Waals surface area contributed by atoms with E-state index in [1.165, 1.54) is 0 Å². The van der Waals surface area contributed by atoms with Crippen LogP contribution < -0.4 is 4.57 Å². The molecule has 0 amide bonds. The van der Waals surface area contributed by atoms with Crippen molar-refractivity contribution in [3.05, 3.63) is 54.4 Å². The van der Waals surface area contributed by atoms with Crippen molar-refractivity contribution in [2.45, 2.75) is 6.54 Å². The van der Waals surface area contributed by atoms with Gasteiger partial charge in [-0.3, -0.25) is 0 Å². The van der Waals surface area contributed by atoms with Crippen molar-refractivity contribution in [3.8, 4) is 0 Å². The number of hydrogen-bond donors (Lipinski definition) is 0. The summed E-state index contributed by atoms with van der Waals surface area (Å²) in [6.45, 7) is 6.23. The molecule has 2 heteroatoms. The molecule has 0 spiro atoms. The van der Waals surface area contributed by atoms with E-state index < -0.39 is 0 Å². The van der Waals surface area contributed by atoms with E-state index in [1.54, 1.807) is 6.08 Å². The van der Waals surface area contributed by atoms with Gasteiger partial charge in [0.1, 0.15) is 0 Å². The second-order valence-corrected chi connectivity index (χ2v) is 2.53. The SMILES string of the molecule is [CH-]=CC1=[C-]c2cccc[n+]2C1.[Y]. The van der Waals surface area contributed by atoms with Crippen molar-refractivity contribution >= 4 is 0 Å². The first-order chi connectivity index (χ1) is 5.40. The summed E-state index contributed by atoms with van der Waals surface area (Å²) in [4.78, 5) is 0. The summed E-state index contributed by atoms with van der Waals surface area (Å²) in [7, 11) is 0. The number of allylic oxidation sites excluding steroid dienone is 2. The topological polar surface area (TPSA) is 3.88 Å². The first-order valence-electron chi connectivity index (χ1n) is 3.56. The molecule has 0 aromatic carbocycles. The van der Waals surface area contributed by atoms with Crippen molar-refractivity contribution in [3.63, 3.8) is 0 Å². The van der Waals surface area contributed by atoms with Gasteiger partial charge in [0.15, 0.2) is 6.20 Å². The van der Waals surface area contributed by atoms with E-state index in [9.17, 15) is 0 Å². The third kappa shape index (κ3) is 1.73. The summed E-state index contributed by atoms with van der Waals surface area (Å²) in [6.07, 6.45) is 6.81. The van der Waals surface area contributed by atoms with Crippen LogP contribution >= 0.6 is 0 Å². The summed E-state index contributed by atoms with van der Waals surface area (Å²) in [5.74, 6) is 0. The normalized spacial score (nSPS) is 12.8. The molecule has 2 heterocycles. The van der Waals surface area contributed by atoms with Crippen LogP contribution in [0.15, 0.2) is 36.0 Å². The van der Waals surface area contributed by atoms with Crippen LogP contribution in [0.2, 0.25) is 0 Å². The zero-order valence-corrected chi connectivity index (χ0v) is 9.53. The maximum Gasteiger partial charge on any atom is 0.165 e. The Labute approximate surface area is 97.7 Å². The van der Waals surface area contributed by atoms with E-state index in [4.69, 9.17) is 6.58 Å². The van der Waals surface area contributed by atoms with Gasteiger partial charge in [0, 0.05) is 32.7 Å². The quantitative estimate of drug-likeness (QED) is 0.502. The van der Waals surface area contributed by atoms with Crippen LogP contribution in [0.4, 0.5) is 0 Å². The van der Waals surface area contributed by atoms with Crippen molar-refractivity contribution < 1.29 is 37.3 Å². The molecule has 0 bridgehead atoms. The van der Waals surface area contributed by atoms with E-state index >= 15 is 0 Å². The number of nitrogens with zero attached hydrogens (tertiary/aromatic N) is 1. The summed E-state index contributed by atoms with van der Waals surface area (Å²) < 4.78 is 2.11. The molecular weight excluding hydrogens is 223 g/mol. The van der Waals surface area contributed by atoms with Crippen LogP contribution in [-0.4, -0.2) is 0 Å². The van der Waals surface area contributed by atoms with Gasteiger partial charge in [-0.15, -0.1) is 6.07 Å². The van der Waals surface area contributed by atoms with Gasteiger partial charge in [0.05, 0.1) is 12.2 Å². The van der Waals surface area contributed by atoms with Crippen LogP contribution in [-0.2, 0) is 39.3 Å². The molecular formula is C10H8NY-. The monoisotopic (exact) mass is 231 g/mol. The summed E-state index contributed by atoms with van der Waals surface area (Å²) in [6, 6.07) is 6.03. The molecule has 1 radical (unpaired) electrons. The van der Waals surface area contributed by atoms with Gasteiger partial charge < -0.3 is 12.7 Å². The number of rotatable bonds is 1. The molecule has 0 fully saturated rings. The molecule has 0 atom stereocenters. The molecule has 12 heavy (non-hydrogen) atoms. The molecule has 1 nitrogen and oxygen atoms in total. The number of hydrogen-bond acceptors (Lipinski definition) is 0. The number of aromatic nitrogens is 1. The van der Waals surface area contributed by atoms with Gasteiger partial charge in [-0.05, 0) is 6.07 Å². The van der Waals surface area contributed by atoms with Crippen molar-refractivity contribution in [2.75, 3.05) is 0 Å². The second kappa shape index (κ2) is 4.11. The Morgan fingerprint density at radius 2 is 2.33 bits per heavy atom. The minimum Gasteiger partial charge on any atom is -0.360 e. The Morgan fingerprint density at radius 3 is 3.00 bits per heavy atom. The maximum absolute atomic E-state index is 5.38. The molecule has 1 aliphatic heterocycles. The van der Waals surface area contributed by atoms with Crippen molar-refractivity contribution in [1.29, 1.82) is 0 Å². The standard InChI is InChI=1S/C10H8N.Y/c1-2-9-7-10-5-3-4-6-11(10)8-9;/h1-6H,8H2;/q-1;. The first kappa shape index (κ1) is 9.82. The maximum atomic E-state index is 5.38. The third-order valence-electron chi connectivity index (χ3n) is 1.77. The third-order valence-corrected chi connectivity index (χ3v) is 1.77. The van der Waals surface area contributed by atoms with Gasteiger partial charge in [-0.2, -0.15) is 6.08 Å². The van der Waals surface area contributed by atoms with E-state index in [2.05, 4.69) is 10.6 Å². The molecule has 0 N–H and O–H groups in total. The van der Waals surface area contributed by atoms with Gasteiger partial charge in [-0.25, -0.2) is 10.1 Å². The fourth-order valence-electron chi connectivity index (χ4n) is 1.21. The molecule has 1 aliphatic rings. The van der Waals surface area contributed by atoms with Crippen LogP contribution in [0.5, 0.6) is 0 Å². The van der Waals surface area contributed by atoms with E-state index in [0.717, 1.165) is 17.8 Å². The van der Waals surface area contributed by atoms with Gasteiger partial charge in [-0.1, -0.05) is 6.07 Å². The molecule has 0 aliphatic carbocycles. The van der Waals surface area contributed by atoms with Crippen LogP contribution in [0.25, 0.3) is 0 Å². The summed E-state index contributed by atoms with van der Waals surface area (Å²) in [5, 5.41) is 0. The predicted molar refractivity (Wildman–Crippen MR) is 41.4 cm³/mol. The molecule has 0 saturated carbocycles. The smallest absolute Gasteiger partial charge is 0.165 e. The summed E-state index contributed by atoms with van der Waals surface area (Å²) >= 11 is 0. The average molecular weight is 231 g/mol. The Kier molecular flexibility index (Phi) is 3.36. The minimum absolute atomic E-state index is 0. The summed E-state index contributed by atoms with van der Waals surface area (Å²) in [5.41, 5.74) is 2.15. The zero-order valence-electron chi connectivity index (χ0n) is 6.70. The van der Waals surface area contributed by atoms with E-state index in [-0.39, 0.29) is 32.7 Å². The van der Waals surface area contributed by atoms with E-state index in [1.807, 2.05) is 24.4 Å². The Hall–Kier alpha value is -0.266. The van der Waals surface area contributed by atoms with Crippen molar-refractivity contribution in [1.82, 2.24) is 0 Å².